The minimum absolute atomic E-state index is 0.0408. The smallest absolute Gasteiger partial charge is 0.216 e. The molecule has 4 heteroatoms. The summed E-state index contributed by atoms with van der Waals surface area (Å²) in [6.07, 6.45) is 2.12. The number of nitrogens with one attached hydrogen (secondary N) is 1. The molecular formula is C8H17NO3. The van der Waals surface area contributed by atoms with Crippen molar-refractivity contribution in [3.63, 3.8) is 0 Å². The van der Waals surface area contributed by atoms with E-state index in [2.05, 4.69) is 10.1 Å². The minimum Gasteiger partial charge on any atom is -0.388 e. The third-order valence-corrected chi connectivity index (χ3v) is 0.873. The van der Waals surface area contributed by atoms with Gasteiger partial charge < -0.3 is 14.8 Å². The Kier molecular flexibility index (Phi) is 14.5. The molecule has 1 amide bonds. The number of carbonyl (C=O) groups is 2. The second-order valence-electron chi connectivity index (χ2n) is 2.20. The van der Waals surface area contributed by atoms with Crippen LogP contribution in [0.3, 0.4) is 0 Å². The summed E-state index contributed by atoms with van der Waals surface area (Å²) in [5.74, 6) is -0.0408. The van der Waals surface area contributed by atoms with Gasteiger partial charge in [0.25, 0.3) is 0 Å². The fraction of sp³-hybridized carbons (Fsp3) is 0.750. The summed E-state index contributed by atoms with van der Waals surface area (Å²) >= 11 is 0. The normalized spacial score (nSPS) is 7.92. The van der Waals surface area contributed by atoms with E-state index in [1.807, 2.05) is 0 Å². The van der Waals surface area contributed by atoms with Crippen LogP contribution in [0.15, 0.2) is 0 Å². The number of aldehydes is 1. The van der Waals surface area contributed by atoms with Crippen molar-refractivity contribution in [1.82, 2.24) is 5.32 Å². The van der Waals surface area contributed by atoms with Gasteiger partial charge in [-0.3, -0.25) is 4.79 Å². The first kappa shape index (κ1) is 13.7. The first-order chi connectivity index (χ1) is 5.68. The van der Waals surface area contributed by atoms with Gasteiger partial charge in [-0.1, -0.05) is 0 Å². The molecule has 0 saturated carbocycles. The predicted molar refractivity (Wildman–Crippen MR) is 46.9 cm³/mol. The van der Waals surface area contributed by atoms with Crippen LogP contribution in [-0.4, -0.2) is 33.0 Å². The molecule has 0 rings (SSSR count). The van der Waals surface area contributed by atoms with Gasteiger partial charge in [-0.05, 0) is 6.42 Å². The van der Waals surface area contributed by atoms with Gasteiger partial charge >= 0.3 is 0 Å². The highest BCUT2D eigenvalue weighted by Gasteiger charge is 1.87. The molecule has 0 aromatic heterocycles. The monoisotopic (exact) mass is 175 g/mol. The summed E-state index contributed by atoms with van der Waals surface area (Å²) in [6.45, 7) is 2.06. The van der Waals surface area contributed by atoms with Crippen molar-refractivity contribution in [2.45, 2.75) is 19.8 Å². The maximum atomic E-state index is 10.2. The topological polar surface area (TPSA) is 55.4 Å². The van der Waals surface area contributed by atoms with Crippen LogP contribution in [0.4, 0.5) is 0 Å². The molecule has 0 heterocycles. The lowest BCUT2D eigenvalue weighted by atomic mass is 10.3. The Bertz CT molecular complexity index is 115. The number of hydrogen-bond acceptors (Lipinski definition) is 3. The van der Waals surface area contributed by atoms with Gasteiger partial charge in [0.05, 0.1) is 0 Å². The van der Waals surface area contributed by atoms with E-state index in [1.54, 1.807) is 14.2 Å². The molecule has 0 radical (unpaired) electrons. The van der Waals surface area contributed by atoms with Gasteiger partial charge in [0, 0.05) is 34.1 Å². The fourth-order valence-electron chi connectivity index (χ4n) is 0.450. The Labute approximate surface area is 73.3 Å². The molecule has 4 nitrogen and oxygen atoms in total. The van der Waals surface area contributed by atoms with Crippen LogP contribution in [0, 0.1) is 0 Å². The zero-order valence-electron chi connectivity index (χ0n) is 7.92. The molecule has 0 fully saturated rings. The maximum absolute atomic E-state index is 10.2. The van der Waals surface area contributed by atoms with Crippen LogP contribution < -0.4 is 5.32 Å². The fourth-order valence-corrected chi connectivity index (χ4v) is 0.450. The van der Waals surface area contributed by atoms with Crippen molar-refractivity contribution in [3.8, 4) is 0 Å². The van der Waals surface area contributed by atoms with Crippen LogP contribution in [-0.2, 0) is 14.3 Å². The van der Waals surface area contributed by atoms with E-state index in [1.165, 1.54) is 6.92 Å². The molecule has 72 valence electrons. The van der Waals surface area contributed by atoms with Gasteiger partial charge in [-0.15, -0.1) is 0 Å². The van der Waals surface area contributed by atoms with E-state index in [-0.39, 0.29) is 5.91 Å². The van der Waals surface area contributed by atoms with Crippen LogP contribution in [0.5, 0.6) is 0 Å². The van der Waals surface area contributed by atoms with Gasteiger partial charge in [-0.25, -0.2) is 0 Å². The minimum atomic E-state index is -0.0408. The lowest BCUT2D eigenvalue weighted by Gasteiger charge is -1.96. The molecule has 0 aromatic carbocycles. The Morgan fingerprint density at radius 2 is 2.00 bits per heavy atom. The number of carbonyl (C=O) groups excluding carboxylic acids is 2. The van der Waals surface area contributed by atoms with E-state index in [9.17, 15) is 9.59 Å². The van der Waals surface area contributed by atoms with E-state index in [0.717, 1.165) is 12.7 Å². The van der Waals surface area contributed by atoms with E-state index in [0.29, 0.717) is 13.0 Å². The molecule has 0 unspecified atom stereocenters. The van der Waals surface area contributed by atoms with E-state index in [4.69, 9.17) is 0 Å². The van der Waals surface area contributed by atoms with Crippen molar-refractivity contribution >= 4 is 12.2 Å². The Morgan fingerprint density at radius 1 is 1.50 bits per heavy atom. The average molecular weight is 175 g/mol. The van der Waals surface area contributed by atoms with Crippen molar-refractivity contribution < 1.29 is 14.3 Å². The van der Waals surface area contributed by atoms with E-state index < -0.39 is 0 Å². The quantitative estimate of drug-likeness (QED) is 0.496. The molecule has 0 bridgehead atoms. The highest BCUT2D eigenvalue weighted by atomic mass is 16.4. The zero-order valence-corrected chi connectivity index (χ0v) is 7.92. The van der Waals surface area contributed by atoms with Crippen molar-refractivity contribution in [1.29, 1.82) is 0 Å². The summed E-state index contributed by atoms with van der Waals surface area (Å²) < 4.78 is 4.25. The van der Waals surface area contributed by atoms with E-state index >= 15 is 0 Å². The third-order valence-electron chi connectivity index (χ3n) is 0.873. The lowest BCUT2D eigenvalue weighted by Crippen LogP contribution is -2.20. The van der Waals surface area contributed by atoms with Crippen LogP contribution in [0.1, 0.15) is 19.8 Å². The molecule has 0 aliphatic carbocycles. The van der Waals surface area contributed by atoms with Crippen LogP contribution in [0.2, 0.25) is 0 Å². The molecule has 12 heavy (non-hydrogen) atoms. The summed E-state index contributed by atoms with van der Waals surface area (Å²) in [4.78, 5) is 19.9. The Hall–Kier alpha value is -0.900. The second kappa shape index (κ2) is 12.7. The molecule has 0 aliphatic rings. The van der Waals surface area contributed by atoms with Crippen molar-refractivity contribution in [2.24, 2.45) is 0 Å². The number of ether oxygens (including phenoxy) is 1. The van der Waals surface area contributed by atoms with Crippen molar-refractivity contribution in [3.05, 3.63) is 0 Å². The number of amides is 1. The summed E-state index contributed by atoms with van der Waals surface area (Å²) in [5, 5.41) is 2.58. The summed E-state index contributed by atoms with van der Waals surface area (Å²) in [6, 6.07) is 0. The molecule has 0 aromatic rings. The Morgan fingerprint density at radius 3 is 2.33 bits per heavy atom. The van der Waals surface area contributed by atoms with Gasteiger partial charge in [0.15, 0.2) is 0 Å². The highest BCUT2D eigenvalue weighted by Crippen LogP contribution is 1.79. The molecule has 0 aliphatic heterocycles. The largest absolute Gasteiger partial charge is 0.388 e. The molecule has 1 N–H and O–H groups in total. The van der Waals surface area contributed by atoms with Crippen LogP contribution >= 0.6 is 0 Å². The number of rotatable bonds is 4. The van der Waals surface area contributed by atoms with Gasteiger partial charge in [0.1, 0.15) is 6.29 Å². The SMILES string of the molecule is CC(=O)NCCCC=O.COC. The zero-order chi connectivity index (χ0) is 9.82. The predicted octanol–water partition coefficient (Wildman–Crippen LogP) is 0.364. The highest BCUT2D eigenvalue weighted by molar-refractivity contribution is 5.72. The van der Waals surface area contributed by atoms with Crippen molar-refractivity contribution in [2.75, 3.05) is 20.8 Å². The summed E-state index contributed by atoms with van der Waals surface area (Å²) in [5.41, 5.74) is 0. The lowest BCUT2D eigenvalue weighted by molar-refractivity contribution is -0.119. The standard InChI is InChI=1S/C6H11NO2.C2H6O/c1-6(9)7-4-2-3-5-8;1-3-2/h5H,2-4H2,1H3,(H,7,9);1-2H3. The Balaban J connectivity index is 0. The average Bonchev–Trinajstić information content (AvgIpc) is 1.99. The first-order valence-electron chi connectivity index (χ1n) is 3.77. The number of methoxy groups -OCH3 is 1. The number of unbranched alkanes of at least 4 members (excludes halogenated alkanes) is 1. The van der Waals surface area contributed by atoms with Gasteiger partial charge in [-0.2, -0.15) is 0 Å². The maximum Gasteiger partial charge on any atom is 0.216 e. The first-order valence-corrected chi connectivity index (χ1v) is 3.77. The third kappa shape index (κ3) is 23.0. The molecule has 0 spiro atoms. The summed E-state index contributed by atoms with van der Waals surface area (Å²) in [7, 11) is 3.25. The van der Waals surface area contributed by atoms with Gasteiger partial charge in [0.2, 0.25) is 5.91 Å². The molecule has 0 atom stereocenters. The number of hydrogen-bond donors (Lipinski definition) is 1. The second-order valence-corrected chi connectivity index (χ2v) is 2.20. The molecule has 0 saturated heterocycles. The van der Waals surface area contributed by atoms with Crippen LogP contribution in [0.25, 0.3) is 0 Å². The molecular weight excluding hydrogens is 158 g/mol.